The molecule has 0 aliphatic heterocycles. The number of rotatable bonds is 18. The Bertz CT molecular complexity index is 848. The maximum atomic E-state index is 12.0. The fraction of sp³-hybridized carbons (Fsp3) is 0.609. The van der Waals surface area contributed by atoms with Crippen LogP contribution in [0.4, 0.5) is 5.69 Å². The van der Waals surface area contributed by atoms with Gasteiger partial charge in [0.05, 0.1) is 50.2 Å². The van der Waals surface area contributed by atoms with Crippen molar-refractivity contribution in [3.8, 4) is 0 Å². The predicted molar refractivity (Wildman–Crippen MR) is 128 cm³/mol. The van der Waals surface area contributed by atoms with Gasteiger partial charge >= 0.3 is 5.97 Å². The molecular formula is C23H35N3O11. The highest BCUT2D eigenvalue weighted by atomic mass is 16.7. The first-order chi connectivity index (χ1) is 17.5. The van der Waals surface area contributed by atoms with Crippen molar-refractivity contribution in [2.75, 3.05) is 39.6 Å². The number of nitro groups is 1. The van der Waals surface area contributed by atoms with Crippen LogP contribution in [0, 0.1) is 10.1 Å². The van der Waals surface area contributed by atoms with E-state index in [2.05, 4.69) is 10.6 Å². The number of nitrogens with one attached hydrogen (secondary N) is 2. The second-order valence-corrected chi connectivity index (χ2v) is 7.84. The lowest BCUT2D eigenvalue weighted by Gasteiger charge is -2.30. The van der Waals surface area contributed by atoms with E-state index in [1.165, 1.54) is 45.0 Å². The highest BCUT2D eigenvalue weighted by molar-refractivity contribution is 5.94. The van der Waals surface area contributed by atoms with Gasteiger partial charge in [0.2, 0.25) is 18.4 Å². The molecule has 208 valence electrons. The second-order valence-electron chi connectivity index (χ2n) is 7.84. The van der Waals surface area contributed by atoms with Gasteiger partial charge in [-0.15, -0.1) is 0 Å². The number of esters is 1. The van der Waals surface area contributed by atoms with E-state index in [4.69, 9.17) is 23.7 Å². The molecule has 0 heterocycles. The molecular weight excluding hydrogens is 494 g/mol. The molecule has 0 saturated carbocycles. The molecule has 1 aromatic carbocycles. The Morgan fingerprint density at radius 2 is 1.59 bits per heavy atom. The van der Waals surface area contributed by atoms with Gasteiger partial charge in [-0.05, 0) is 26.0 Å². The molecule has 4 atom stereocenters. The van der Waals surface area contributed by atoms with Crippen molar-refractivity contribution < 1.29 is 48.1 Å². The van der Waals surface area contributed by atoms with Crippen LogP contribution in [0.25, 0.3) is 0 Å². The molecule has 0 spiro atoms. The maximum Gasteiger partial charge on any atom is 0.304 e. The van der Waals surface area contributed by atoms with Crippen LogP contribution in [-0.4, -0.2) is 92.1 Å². The minimum Gasteiger partial charge on any atom is -0.436 e. The molecule has 14 nitrogen and oxygen atoms in total. The van der Waals surface area contributed by atoms with Crippen LogP contribution in [0.5, 0.6) is 0 Å². The first-order valence-corrected chi connectivity index (χ1v) is 11.6. The topological polar surface area (TPSA) is 185 Å². The van der Waals surface area contributed by atoms with E-state index < -0.39 is 41.5 Å². The third-order valence-electron chi connectivity index (χ3n) is 4.67. The van der Waals surface area contributed by atoms with Gasteiger partial charge in [-0.25, -0.2) is 0 Å². The monoisotopic (exact) mass is 529 g/mol. The number of aliphatic hydroxyl groups excluding tert-OH is 1. The van der Waals surface area contributed by atoms with Gasteiger partial charge in [-0.3, -0.25) is 24.5 Å². The van der Waals surface area contributed by atoms with E-state index in [1.54, 1.807) is 6.92 Å². The summed E-state index contributed by atoms with van der Waals surface area (Å²) in [6, 6.07) is 5.25. The summed E-state index contributed by atoms with van der Waals surface area (Å²) in [7, 11) is 0. The maximum absolute atomic E-state index is 12.0. The average molecular weight is 530 g/mol. The average Bonchev–Trinajstić information content (AvgIpc) is 2.83. The Labute approximate surface area is 214 Å². The van der Waals surface area contributed by atoms with Gasteiger partial charge in [-0.1, -0.05) is 0 Å². The van der Waals surface area contributed by atoms with Gasteiger partial charge in [-0.2, -0.15) is 0 Å². The number of hydrogen-bond donors (Lipinski definition) is 3. The summed E-state index contributed by atoms with van der Waals surface area (Å²) in [5.41, 5.74) is 0.202. The lowest BCUT2D eigenvalue weighted by molar-refractivity contribution is -0.384. The molecule has 0 radical (unpaired) electrons. The van der Waals surface area contributed by atoms with Crippen LogP contribution in [0.1, 0.15) is 38.1 Å². The van der Waals surface area contributed by atoms with E-state index in [1.807, 2.05) is 0 Å². The highest BCUT2D eigenvalue weighted by Crippen LogP contribution is 2.12. The van der Waals surface area contributed by atoms with Crippen LogP contribution in [0.3, 0.4) is 0 Å². The van der Waals surface area contributed by atoms with E-state index in [-0.39, 0.29) is 51.2 Å². The second kappa shape index (κ2) is 17.3. The smallest absolute Gasteiger partial charge is 0.304 e. The normalized spacial score (nSPS) is 14.2. The number of amides is 2. The quantitative estimate of drug-likeness (QED) is 0.0791. The summed E-state index contributed by atoms with van der Waals surface area (Å²) < 4.78 is 27.1. The first kappa shape index (κ1) is 31.9. The zero-order chi connectivity index (χ0) is 27.8. The van der Waals surface area contributed by atoms with Crippen molar-refractivity contribution in [2.24, 2.45) is 0 Å². The third-order valence-corrected chi connectivity index (χ3v) is 4.67. The first-order valence-electron chi connectivity index (χ1n) is 11.6. The number of benzene rings is 1. The lowest BCUT2D eigenvalue weighted by atomic mass is 10.2. The van der Waals surface area contributed by atoms with Crippen molar-refractivity contribution in [3.63, 3.8) is 0 Å². The van der Waals surface area contributed by atoms with Crippen molar-refractivity contribution >= 4 is 23.5 Å². The molecule has 0 aliphatic rings. The van der Waals surface area contributed by atoms with Crippen LogP contribution >= 0.6 is 0 Å². The van der Waals surface area contributed by atoms with Crippen molar-refractivity contribution in [1.29, 1.82) is 0 Å². The van der Waals surface area contributed by atoms with E-state index >= 15 is 0 Å². The minimum atomic E-state index is -1.22. The van der Waals surface area contributed by atoms with Crippen molar-refractivity contribution in [2.45, 2.75) is 52.4 Å². The Balaban J connectivity index is 2.30. The molecule has 2 unspecified atom stereocenters. The standard InChI is InChI=1S/C23H35N3O11/c1-15(27)16(2)36-23(22(25-17(3)28)37-18(4)29)35-14-13-34-12-11-33-10-9-24-21(30)19-5-7-20(8-6-19)26(31)32/h5-8,15-16,22-23,27H,9-14H2,1-4H3,(H,24,30)(H,25,28)/t15-,16?,22+,23?/m1/s1. The third kappa shape index (κ3) is 13.6. The SMILES string of the molecule is CC(=O)N[C@@H](OC(C)=O)C(OCCOCCOCCNC(=O)c1ccc([N+](=O)[O-])cc1)OC(C)[C@@H](C)O. The fourth-order valence-corrected chi connectivity index (χ4v) is 2.67. The fourth-order valence-electron chi connectivity index (χ4n) is 2.67. The zero-order valence-electron chi connectivity index (χ0n) is 21.3. The van der Waals surface area contributed by atoms with Crippen LogP contribution in [0.2, 0.25) is 0 Å². The van der Waals surface area contributed by atoms with E-state index in [0.29, 0.717) is 5.56 Å². The number of ether oxygens (including phenoxy) is 5. The van der Waals surface area contributed by atoms with E-state index in [9.17, 15) is 29.6 Å². The molecule has 0 saturated heterocycles. The summed E-state index contributed by atoms with van der Waals surface area (Å²) in [6.07, 6.45) is -3.92. The highest BCUT2D eigenvalue weighted by Gasteiger charge is 2.30. The van der Waals surface area contributed by atoms with Crippen LogP contribution < -0.4 is 10.6 Å². The molecule has 3 N–H and O–H groups in total. The van der Waals surface area contributed by atoms with Crippen molar-refractivity contribution in [1.82, 2.24) is 10.6 Å². The Hall–Kier alpha value is -3.17. The summed E-state index contributed by atoms with van der Waals surface area (Å²) in [5, 5.41) is 25.4. The Kier molecular flexibility index (Phi) is 14.9. The lowest BCUT2D eigenvalue weighted by Crippen LogP contribution is -2.49. The molecule has 14 heteroatoms. The number of hydrogen-bond acceptors (Lipinski definition) is 11. The molecule has 1 rings (SSSR count). The summed E-state index contributed by atoms with van der Waals surface area (Å²) in [4.78, 5) is 45.0. The molecule has 1 aromatic rings. The Morgan fingerprint density at radius 1 is 1.00 bits per heavy atom. The molecule has 0 fully saturated rings. The number of carbonyl (C=O) groups is 3. The number of nitrogens with zero attached hydrogens (tertiary/aromatic N) is 1. The number of non-ortho nitro benzene ring substituents is 1. The molecule has 2 amide bonds. The number of aliphatic hydroxyl groups is 1. The van der Waals surface area contributed by atoms with Gasteiger partial charge in [0.25, 0.3) is 11.6 Å². The van der Waals surface area contributed by atoms with Crippen LogP contribution in [-0.2, 0) is 33.3 Å². The van der Waals surface area contributed by atoms with Crippen LogP contribution in [0.15, 0.2) is 24.3 Å². The predicted octanol–water partition coefficient (Wildman–Crippen LogP) is 0.512. The summed E-state index contributed by atoms with van der Waals surface area (Å²) in [5.74, 6) is -1.50. The van der Waals surface area contributed by atoms with Gasteiger partial charge in [0.1, 0.15) is 0 Å². The van der Waals surface area contributed by atoms with Gasteiger partial charge in [0, 0.05) is 38.1 Å². The van der Waals surface area contributed by atoms with E-state index in [0.717, 1.165) is 0 Å². The number of nitro benzene ring substituents is 1. The van der Waals surface area contributed by atoms with Gasteiger partial charge < -0.3 is 39.4 Å². The Morgan fingerprint density at radius 3 is 2.14 bits per heavy atom. The molecule has 37 heavy (non-hydrogen) atoms. The zero-order valence-corrected chi connectivity index (χ0v) is 21.3. The molecule has 0 bridgehead atoms. The molecule has 0 aliphatic carbocycles. The molecule has 0 aromatic heterocycles. The summed E-state index contributed by atoms with van der Waals surface area (Å²) in [6.45, 7) is 6.64. The summed E-state index contributed by atoms with van der Waals surface area (Å²) >= 11 is 0. The van der Waals surface area contributed by atoms with Crippen molar-refractivity contribution in [3.05, 3.63) is 39.9 Å². The van der Waals surface area contributed by atoms with Gasteiger partial charge in [0.15, 0.2) is 0 Å². The number of carbonyl (C=O) groups excluding carboxylic acids is 3. The largest absolute Gasteiger partial charge is 0.436 e. The minimum absolute atomic E-state index is 0.0276.